The molecule has 2 aliphatic carbocycles. The predicted octanol–water partition coefficient (Wildman–Crippen LogP) is 9.77. The number of hydrogen-bond donors (Lipinski definition) is 0. The van der Waals surface area contributed by atoms with Crippen LogP contribution in [-0.4, -0.2) is 36.3 Å². The first-order valence-corrected chi connectivity index (χ1v) is 15.7. The molecule has 5 rings (SSSR count). The van der Waals surface area contributed by atoms with E-state index in [2.05, 4.69) is 89.9 Å². The van der Waals surface area contributed by atoms with Gasteiger partial charge in [-0.3, -0.25) is 4.79 Å². The first-order valence-electron chi connectivity index (χ1n) is 15.7. The molecule has 0 spiro atoms. The molecule has 5 heteroatoms. The minimum Gasteiger partial charge on any atom is -0.451 e. The van der Waals surface area contributed by atoms with Crippen LogP contribution in [0.15, 0.2) is 40.8 Å². The molecule has 2 aliphatic rings. The quantitative estimate of drug-likeness (QED) is 0.244. The van der Waals surface area contributed by atoms with Crippen molar-refractivity contribution in [3.8, 4) is 17.3 Å². The van der Waals surface area contributed by atoms with E-state index in [1.165, 1.54) is 37.1 Å². The van der Waals surface area contributed by atoms with Gasteiger partial charge in [-0.25, -0.2) is 4.98 Å². The van der Waals surface area contributed by atoms with Crippen molar-refractivity contribution in [2.75, 3.05) is 20.1 Å². The summed E-state index contributed by atoms with van der Waals surface area (Å²) in [7, 11) is 2.17. The van der Waals surface area contributed by atoms with Crippen LogP contribution in [0.1, 0.15) is 115 Å². The number of nitrogens with zero attached hydrogens (tertiary/aromatic N) is 3. The van der Waals surface area contributed by atoms with E-state index >= 15 is 0 Å². The number of fused-ring (bicyclic) bond motifs is 1. The molecule has 2 saturated carbocycles. The maximum absolute atomic E-state index is 11.0. The fourth-order valence-corrected chi connectivity index (χ4v) is 4.99. The van der Waals surface area contributed by atoms with E-state index in [-0.39, 0.29) is 10.8 Å². The lowest BCUT2D eigenvalue weighted by Crippen LogP contribution is -2.19. The van der Waals surface area contributed by atoms with Crippen LogP contribution in [-0.2, 0) is 5.41 Å². The lowest BCUT2D eigenvalue weighted by molar-refractivity contribution is 0.110. The van der Waals surface area contributed by atoms with Gasteiger partial charge >= 0.3 is 0 Å². The van der Waals surface area contributed by atoms with Gasteiger partial charge in [0, 0.05) is 17.2 Å². The van der Waals surface area contributed by atoms with Crippen molar-refractivity contribution < 1.29 is 9.21 Å². The van der Waals surface area contributed by atoms with Crippen LogP contribution in [0.5, 0.6) is 0 Å². The molecule has 5 nitrogen and oxygen atoms in total. The highest BCUT2D eigenvalue weighted by molar-refractivity contribution is 5.87. The lowest BCUT2D eigenvalue weighted by atomic mass is 9.90. The van der Waals surface area contributed by atoms with Gasteiger partial charge in [0.2, 0.25) is 0 Å². The van der Waals surface area contributed by atoms with Gasteiger partial charge in [0.05, 0.1) is 17.2 Å². The number of pyridine rings is 1. The molecule has 2 fully saturated rings. The standard InChI is InChI=1S/C19H17NO2.C8H13N.C7H17N.C2H6/c1-12-3-5-13(6-4-12)16-10-15(19(2)7-8-19)18-17(20-16)9-14(11-21)22-18;1-3-7(2)8(6-9)4-5-8;1-4-6-8(3)7-5-2;1-2/h3-6,9-11H,7-8H2,1-2H3;7H,3-5H2,1-2H3;4-7H2,1-3H3;1-2H3. The summed E-state index contributed by atoms with van der Waals surface area (Å²) >= 11 is 0. The fourth-order valence-electron chi connectivity index (χ4n) is 4.99. The van der Waals surface area contributed by atoms with E-state index in [9.17, 15) is 4.79 Å². The Morgan fingerprint density at radius 3 is 2.05 bits per heavy atom. The van der Waals surface area contributed by atoms with Crippen molar-refractivity contribution in [1.29, 1.82) is 5.26 Å². The van der Waals surface area contributed by atoms with Crippen LogP contribution in [0.25, 0.3) is 22.4 Å². The lowest BCUT2D eigenvalue weighted by Gasteiger charge is -2.12. The zero-order chi connectivity index (χ0) is 30.6. The Kier molecular flexibility index (Phi) is 13.3. The Morgan fingerprint density at radius 1 is 1.05 bits per heavy atom. The molecule has 2 heterocycles. The predicted molar refractivity (Wildman–Crippen MR) is 172 cm³/mol. The van der Waals surface area contributed by atoms with Crippen molar-refractivity contribution in [2.24, 2.45) is 11.3 Å². The number of nitriles is 1. The Balaban J connectivity index is 0.000000257. The third-order valence-electron chi connectivity index (χ3n) is 8.39. The average molecular weight is 560 g/mol. The normalized spacial score (nSPS) is 16.1. The second-order valence-corrected chi connectivity index (χ2v) is 11.8. The summed E-state index contributed by atoms with van der Waals surface area (Å²) < 4.78 is 5.69. The first kappa shape index (κ1) is 34.2. The minimum absolute atomic E-state index is 0.106. The minimum atomic E-state index is 0.106. The molecule has 1 unspecified atom stereocenters. The fraction of sp³-hybridized carbons (Fsp3) is 0.583. The van der Waals surface area contributed by atoms with Crippen LogP contribution in [0, 0.1) is 29.6 Å². The van der Waals surface area contributed by atoms with Crippen molar-refractivity contribution in [2.45, 2.75) is 106 Å². The van der Waals surface area contributed by atoms with Crippen LogP contribution in [0.3, 0.4) is 0 Å². The molecular formula is C36H53N3O2. The number of benzene rings is 1. The highest BCUT2D eigenvalue weighted by Gasteiger charge is 2.46. The van der Waals surface area contributed by atoms with Crippen molar-refractivity contribution in [3.63, 3.8) is 0 Å². The van der Waals surface area contributed by atoms with Gasteiger partial charge in [-0.1, -0.05) is 84.7 Å². The third kappa shape index (κ3) is 9.27. The molecule has 0 N–H and O–H groups in total. The smallest absolute Gasteiger partial charge is 0.185 e. The summed E-state index contributed by atoms with van der Waals surface area (Å²) in [5.41, 5.74) is 6.21. The summed E-state index contributed by atoms with van der Waals surface area (Å²) in [4.78, 5) is 18.1. The number of rotatable bonds is 9. The molecule has 0 saturated heterocycles. The highest BCUT2D eigenvalue weighted by atomic mass is 16.3. The first-order chi connectivity index (χ1) is 19.6. The van der Waals surface area contributed by atoms with Crippen molar-refractivity contribution in [3.05, 3.63) is 53.3 Å². The maximum atomic E-state index is 11.0. The van der Waals surface area contributed by atoms with Gasteiger partial charge in [0.15, 0.2) is 17.6 Å². The topological polar surface area (TPSA) is 70.1 Å². The Labute approximate surface area is 249 Å². The van der Waals surface area contributed by atoms with Gasteiger partial charge in [-0.15, -0.1) is 0 Å². The molecule has 0 amide bonds. The average Bonchev–Trinajstić information content (AvgIpc) is 3.91. The van der Waals surface area contributed by atoms with Gasteiger partial charge in [0.25, 0.3) is 0 Å². The SMILES string of the molecule is CC.CCC(C)C1(C#N)CC1.CCCN(C)CCC.Cc1ccc(-c2cc(C3(C)CC3)c3oc(C=O)cc3n2)cc1. The van der Waals surface area contributed by atoms with E-state index in [1.54, 1.807) is 6.07 Å². The molecule has 41 heavy (non-hydrogen) atoms. The summed E-state index contributed by atoms with van der Waals surface area (Å²) in [6.07, 6.45) is 9.01. The summed E-state index contributed by atoms with van der Waals surface area (Å²) in [6.45, 7) is 19.6. The number of aryl methyl sites for hydroxylation is 1. The summed E-state index contributed by atoms with van der Waals surface area (Å²) in [6, 6.07) is 14.6. The van der Waals surface area contributed by atoms with Gasteiger partial charge in [-0.2, -0.15) is 5.26 Å². The molecule has 0 radical (unpaired) electrons. The van der Waals surface area contributed by atoms with Crippen molar-refractivity contribution >= 4 is 17.4 Å². The van der Waals surface area contributed by atoms with Gasteiger partial charge in [0.1, 0.15) is 5.52 Å². The van der Waals surface area contributed by atoms with E-state index in [0.717, 1.165) is 60.7 Å². The third-order valence-corrected chi connectivity index (χ3v) is 8.39. The Morgan fingerprint density at radius 2 is 1.63 bits per heavy atom. The van der Waals surface area contributed by atoms with Crippen molar-refractivity contribution in [1.82, 2.24) is 9.88 Å². The van der Waals surface area contributed by atoms with Gasteiger partial charge in [-0.05, 0) is 83.0 Å². The number of carbonyl (C=O) groups excluding carboxylic acids is 1. The highest BCUT2D eigenvalue weighted by Crippen LogP contribution is 2.52. The van der Waals surface area contributed by atoms with Crippen LogP contribution >= 0.6 is 0 Å². The van der Waals surface area contributed by atoms with E-state index in [4.69, 9.17) is 14.7 Å². The molecule has 0 bridgehead atoms. The molecule has 1 aromatic carbocycles. The largest absolute Gasteiger partial charge is 0.451 e. The number of furan rings is 1. The van der Waals surface area contributed by atoms with E-state index < -0.39 is 0 Å². The van der Waals surface area contributed by atoms with Gasteiger partial charge < -0.3 is 9.32 Å². The monoisotopic (exact) mass is 559 g/mol. The maximum Gasteiger partial charge on any atom is 0.185 e. The second kappa shape index (κ2) is 15.9. The van der Waals surface area contributed by atoms with Crippen LogP contribution in [0.4, 0.5) is 0 Å². The molecule has 1 atom stereocenters. The molecule has 0 aliphatic heterocycles. The number of hydrogen-bond acceptors (Lipinski definition) is 5. The Bertz CT molecular complexity index is 1250. The molecule has 2 aromatic heterocycles. The number of carbonyl (C=O) groups is 1. The zero-order valence-corrected chi connectivity index (χ0v) is 27.1. The van der Waals surface area contributed by atoms with E-state index in [1.807, 2.05) is 13.8 Å². The van der Waals surface area contributed by atoms with Crippen LogP contribution in [0.2, 0.25) is 0 Å². The second-order valence-electron chi connectivity index (χ2n) is 11.8. The van der Waals surface area contributed by atoms with E-state index in [0.29, 0.717) is 11.7 Å². The number of aromatic nitrogens is 1. The molecule has 3 aromatic rings. The summed E-state index contributed by atoms with van der Waals surface area (Å²) in [5, 5.41) is 8.71. The Hall–Kier alpha value is -2.97. The number of aldehydes is 1. The zero-order valence-electron chi connectivity index (χ0n) is 27.1. The molecule has 224 valence electrons. The summed E-state index contributed by atoms with van der Waals surface area (Å²) in [5.74, 6) is 0.955. The van der Waals surface area contributed by atoms with Crippen LogP contribution < -0.4 is 0 Å². The molecular weight excluding hydrogens is 506 g/mol.